The molecule has 4 fully saturated rings. The summed E-state index contributed by atoms with van der Waals surface area (Å²) in [6, 6.07) is 71.2. The first kappa shape index (κ1) is 69.8. The Balaban J connectivity index is 0.000000164. The maximum atomic E-state index is 12.7. The van der Waals surface area contributed by atoms with Crippen molar-refractivity contribution < 1.29 is 28.7 Å². The standard InChI is InChI=1S/C44H40N8O3S.C40H39N7O3S/c1-44-26-56-38(41(44)47-43(54)48-44)16-7-8-17-39(53)55-29-20-18-27(19-21-29)42-45-36-15-9-14-32-35(24-25-37(46-42)40(32)36)52-51-34-23-22-33(30-12-5-6-13-31(30)34)50-49-28-10-3-2-4-11-28;1-40(24-50-37(49)17-8-7-16-35-39-25(23-51-35)22-36(48)41-39)42-33-15-9-14-29-32(20-21-34(43-40)38(29)33)47-46-31-19-18-30(27-12-5-6-13-28(27)31)45-44-26-10-3-2-4-11-26/h2-6,9-15,18-25,38,41-42,45-46H,7-8,16-17,26H2,1H3,(H2,47,48,54);2-6,9-15,18-21,25,35,39,42-43H,7-8,16-17,22-24H2,1H3,(H,41,48)/t38-,41+,42?,44-;25-,35-,39-,40?/m11/s1. The zero-order chi connectivity index (χ0) is 72.9. The van der Waals surface area contributed by atoms with Gasteiger partial charge in [0.15, 0.2) is 0 Å². The molecule has 0 bridgehead atoms. The second-order valence-electron chi connectivity index (χ2n) is 28.3. The van der Waals surface area contributed by atoms with Crippen molar-refractivity contribution in [1.29, 1.82) is 0 Å². The summed E-state index contributed by atoms with van der Waals surface area (Å²) < 4.78 is 11.4. The number of esters is 2. The first-order valence-corrected chi connectivity index (χ1v) is 38.5. The van der Waals surface area contributed by atoms with Gasteiger partial charge in [0, 0.05) is 107 Å². The Bertz CT molecular complexity index is 5310. The summed E-state index contributed by atoms with van der Waals surface area (Å²) in [6.45, 7) is 4.26. The fraction of sp³-hybridized carbons (Fsp3) is 0.262. The summed E-state index contributed by atoms with van der Waals surface area (Å²) in [5.41, 5.74) is 10.1. The number of fused-ring (bicyclic) bond motifs is 4. The summed E-state index contributed by atoms with van der Waals surface area (Å²) in [5, 5.41) is 68.9. The van der Waals surface area contributed by atoms with Crippen molar-refractivity contribution in [3.8, 4) is 5.75 Å². The number of nitrogens with zero attached hydrogens (tertiary/aromatic N) is 8. The average molecular weight is 1460 g/mol. The minimum absolute atomic E-state index is 0.0831. The van der Waals surface area contributed by atoms with E-state index < -0.39 is 5.66 Å². The maximum absolute atomic E-state index is 12.7. The second kappa shape index (κ2) is 30.9. The highest BCUT2D eigenvalue weighted by Crippen LogP contribution is 2.47. The van der Waals surface area contributed by atoms with E-state index in [9.17, 15) is 19.2 Å². The zero-order valence-electron chi connectivity index (χ0n) is 59.1. The summed E-state index contributed by atoms with van der Waals surface area (Å²) in [7, 11) is 0. The quantitative estimate of drug-likeness (QED) is 0.0110. The number of nitrogens with one attached hydrogen (secondary N) is 7. The van der Waals surface area contributed by atoms with Gasteiger partial charge in [-0.1, -0.05) is 134 Å². The summed E-state index contributed by atoms with van der Waals surface area (Å²) in [5.74, 6) is 2.68. The van der Waals surface area contributed by atoms with Crippen LogP contribution in [0.25, 0.3) is 43.1 Å². The Morgan fingerprint density at radius 1 is 0.449 bits per heavy atom. The van der Waals surface area contributed by atoms with E-state index in [1.54, 1.807) is 0 Å². The molecule has 0 spiro atoms. The van der Waals surface area contributed by atoms with Crippen LogP contribution in [0.1, 0.15) is 83.4 Å². The van der Waals surface area contributed by atoms with Crippen LogP contribution in [-0.4, -0.2) is 75.8 Å². The number of carbonyl (C=O) groups is 4. The van der Waals surface area contributed by atoms with Gasteiger partial charge in [-0.05, 0) is 154 Å². The minimum atomic E-state index is -0.686. The van der Waals surface area contributed by atoms with Gasteiger partial charge in [0.2, 0.25) is 5.91 Å². The van der Waals surface area contributed by atoms with Crippen LogP contribution in [0.5, 0.6) is 5.75 Å². The fourth-order valence-electron chi connectivity index (χ4n) is 15.2. The number of rotatable bonds is 22. The highest BCUT2D eigenvalue weighted by molar-refractivity contribution is 8.00. The number of anilines is 4. The molecule has 107 heavy (non-hydrogen) atoms. The molecule has 6 aliphatic heterocycles. The number of thioether (sulfide) groups is 2. The van der Waals surface area contributed by atoms with Crippen LogP contribution >= 0.6 is 23.5 Å². The lowest BCUT2D eigenvalue weighted by atomic mass is 9.92. The molecule has 21 nitrogen and oxygen atoms in total. The van der Waals surface area contributed by atoms with E-state index in [4.69, 9.17) is 29.9 Å². The molecule has 4 saturated heterocycles. The van der Waals surface area contributed by atoms with Crippen LogP contribution in [0.3, 0.4) is 0 Å². The smallest absolute Gasteiger partial charge is 0.315 e. The molecule has 17 rings (SSSR count). The van der Waals surface area contributed by atoms with Crippen LogP contribution in [0.15, 0.2) is 259 Å². The number of amides is 3. The monoisotopic (exact) mass is 1460 g/mol. The Hall–Kier alpha value is -11.6. The van der Waals surface area contributed by atoms with Crippen molar-refractivity contribution in [1.82, 2.24) is 16.0 Å². The topological polar surface area (TPSA) is 270 Å². The lowest BCUT2D eigenvalue weighted by Crippen LogP contribution is -2.49. The molecule has 0 aromatic heterocycles. The van der Waals surface area contributed by atoms with Gasteiger partial charge in [0.25, 0.3) is 0 Å². The van der Waals surface area contributed by atoms with Crippen LogP contribution in [0.2, 0.25) is 0 Å². The molecule has 3 amide bonds. The van der Waals surface area contributed by atoms with E-state index >= 15 is 0 Å². The first-order valence-electron chi connectivity index (χ1n) is 36.4. The van der Waals surface area contributed by atoms with E-state index in [1.807, 2.05) is 237 Å². The normalized spacial score (nSPS) is 21.7. The molecule has 0 saturated carbocycles. The van der Waals surface area contributed by atoms with Crippen molar-refractivity contribution in [2.45, 2.75) is 112 Å². The van der Waals surface area contributed by atoms with Gasteiger partial charge in [0.1, 0.15) is 24.2 Å². The van der Waals surface area contributed by atoms with Gasteiger partial charge in [0.05, 0.1) is 57.1 Å². The van der Waals surface area contributed by atoms with E-state index in [0.717, 1.165) is 167 Å². The average Bonchev–Trinajstić information content (AvgIpc) is 1.41. The van der Waals surface area contributed by atoms with E-state index in [0.29, 0.717) is 47.5 Å². The Labute approximate surface area is 627 Å². The van der Waals surface area contributed by atoms with Gasteiger partial charge in [-0.15, -0.1) is 30.7 Å². The summed E-state index contributed by atoms with van der Waals surface area (Å²) in [4.78, 5) is 49.0. The molecular weight excluding hydrogens is 1380 g/mol. The van der Waals surface area contributed by atoms with Gasteiger partial charge in [-0.25, -0.2) is 4.79 Å². The van der Waals surface area contributed by atoms with Crippen molar-refractivity contribution in [2.75, 3.05) is 39.4 Å². The predicted octanol–water partition coefficient (Wildman–Crippen LogP) is 21.5. The van der Waals surface area contributed by atoms with Gasteiger partial charge in [-0.2, -0.15) is 33.8 Å². The minimum Gasteiger partial charge on any atom is -0.461 e. The second-order valence-corrected chi connectivity index (χ2v) is 30.8. The van der Waals surface area contributed by atoms with Crippen LogP contribution < -0.4 is 42.0 Å². The lowest BCUT2D eigenvalue weighted by molar-refractivity contribution is -0.145. The fourth-order valence-corrected chi connectivity index (χ4v) is 18.6. The van der Waals surface area contributed by atoms with Crippen molar-refractivity contribution >= 4 is 159 Å². The Morgan fingerprint density at radius 2 is 0.916 bits per heavy atom. The number of urea groups is 1. The summed E-state index contributed by atoms with van der Waals surface area (Å²) in [6.07, 6.45) is 6.52. The van der Waals surface area contributed by atoms with Gasteiger partial charge >= 0.3 is 18.0 Å². The van der Waals surface area contributed by atoms with Crippen LogP contribution in [-0.2, 0) is 19.1 Å². The van der Waals surface area contributed by atoms with E-state index in [2.05, 4.69) is 76.7 Å². The summed E-state index contributed by atoms with van der Waals surface area (Å²) >= 11 is 3.85. The van der Waals surface area contributed by atoms with Crippen molar-refractivity contribution in [2.24, 2.45) is 46.8 Å². The highest BCUT2D eigenvalue weighted by atomic mass is 32.2. The molecular formula is C84H79N15O6S2. The number of hydrogen-bond donors (Lipinski definition) is 7. The van der Waals surface area contributed by atoms with E-state index in [-0.39, 0.29) is 48.2 Å². The molecule has 0 aliphatic carbocycles. The number of azo groups is 4. The SMILES string of the molecule is CC1(COC(=O)CCCC[C@H]2SC[C@H]3CC(=O)N[C@H]32)Nc2cccc3c(N=Nc4ccc(N=Nc5ccccc5)c5ccccc45)ccc(c23)N1.C[C@@]12CS[C@H](CCCCC(=O)Oc3ccc(C4Nc5cccc6c(N=Nc7ccc(N=Nc8ccccc8)c8ccccc78)ccc(c56)N4)cc3)[C@@H]1NC(=O)N2. The predicted molar refractivity (Wildman–Crippen MR) is 427 cm³/mol. The molecule has 6 aliphatic rings. The van der Waals surface area contributed by atoms with Gasteiger partial charge in [-0.3, -0.25) is 14.4 Å². The molecule has 11 aromatic rings. The van der Waals surface area contributed by atoms with Crippen LogP contribution in [0.4, 0.5) is 73.0 Å². The molecule has 6 heterocycles. The molecule has 23 heteroatoms. The Morgan fingerprint density at radius 3 is 1.50 bits per heavy atom. The Kier molecular flexibility index (Phi) is 20.1. The molecule has 7 N–H and O–H groups in total. The zero-order valence-corrected chi connectivity index (χ0v) is 60.7. The molecule has 2 unspecified atom stereocenters. The van der Waals surface area contributed by atoms with E-state index in [1.165, 1.54) is 0 Å². The molecule has 538 valence electrons. The lowest BCUT2D eigenvalue weighted by Gasteiger charge is -2.38. The number of ether oxygens (including phenoxy) is 2. The highest BCUT2D eigenvalue weighted by Gasteiger charge is 2.51. The third-order valence-electron chi connectivity index (χ3n) is 20.6. The number of carbonyl (C=O) groups excluding carboxylic acids is 4. The third kappa shape index (κ3) is 15.5. The molecule has 8 atom stereocenters. The van der Waals surface area contributed by atoms with Crippen molar-refractivity contribution in [3.05, 3.63) is 224 Å². The first-order chi connectivity index (χ1) is 52.3. The van der Waals surface area contributed by atoms with Crippen LogP contribution in [0, 0.1) is 5.92 Å². The number of hydrogen-bond acceptors (Lipinski definition) is 20. The largest absolute Gasteiger partial charge is 0.461 e. The van der Waals surface area contributed by atoms with Crippen molar-refractivity contribution in [3.63, 3.8) is 0 Å². The van der Waals surface area contributed by atoms with Gasteiger partial charge < -0.3 is 46.7 Å². The number of unbranched alkanes of at least 4 members (excludes halogenated alkanes) is 2. The third-order valence-corrected chi connectivity index (χ3v) is 23.8. The maximum Gasteiger partial charge on any atom is 0.315 e. The molecule has 11 aromatic carbocycles. The molecule has 0 radical (unpaired) electrons. The number of benzene rings is 11.